The molecule has 0 spiro atoms. The second kappa shape index (κ2) is 6.71. The van der Waals surface area contributed by atoms with E-state index in [1.165, 1.54) is 0 Å². The second-order valence-corrected chi connectivity index (χ2v) is 6.92. The number of aliphatic hydroxyl groups is 1. The van der Waals surface area contributed by atoms with Gasteiger partial charge in [-0.25, -0.2) is 4.98 Å². The molecule has 0 atom stereocenters. The fourth-order valence-electron chi connectivity index (χ4n) is 3.04. The van der Waals surface area contributed by atoms with Gasteiger partial charge in [-0.05, 0) is 19.4 Å². The standard InChI is InChI=1S/C15H25N3O2S/c1-2-17-5-3-15(19,4-6-17)13-12-21-14(16-13)11-18-7-9-20-10-8-18/h12,19H,2-11H2,1H3. The Labute approximate surface area is 130 Å². The van der Waals surface area contributed by atoms with Gasteiger partial charge in [0.2, 0.25) is 0 Å². The number of thiazole rings is 1. The molecule has 0 amide bonds. The van der Waals surface area contributed by atoms with Crippen LogP contribution in [0.2, 0.25) is 0 Å². The lowest BCUT2D eigenvalue weighted by Crippen LogP contribution is -2.42. The highest BCUT2D eigenvalue weighted by molar-refractivity contribution is 7.09. The molecule has 3 rings (SSSR count). The number of aromatic nitrogens is 1. The Hall–Kier alpha value is -0.530. The van der Waals surface area contributed by atoms with E-state index in [1.54, 1.807) is 11.3 Å². The summed E-state index contributed by atoms with van der Waals surface area (Å²) in [4.78, 5) is 9.47. The Bertz CT molecular complexity index is 452. The maximum absolute atomic E-state index is 10.9. The zero-order chi connectivity index (χ0) is 14.7. The first-order chi connectivity index (χ1) is 10.2. The molecule has 0 aliphatic carbocycles. The predicted octanol–water partition coefficient (Wildman–Crippen LogP) is 1.28. The second-order valence-electron chi connectivity index (χ2n) is 5.98. The normalized spacial score (nSPS) is 24.3. The minimum Gasteiger partial charge on any atom is -0.383 e. The van der Waals surface area contributed by atoms with Crippen molar-refractivity contribution in [3.63, 3.8) is 0 Å². The van der Waals surface area contributed by atoms with Crippen LogP contribution in [-0.2, 0) is 16.9 Å². The number of hydrogen-bond donors (Lipinski definition) is 1. The van der Waals surface area contributed by atoms with Crippen molar-refractivity contribution in [1.29, 1.82) is 0 Å². The molecule has 0 aromatic carbocycles. The molecular weight excluding hydrogens is 286 g/mol. The maximum atomic E-state index is 10.9. The van der Waals surface area contributed by atoms with Gasteiger partial charge in [-0.2, -0.15) is 0 Å². The Kier molecular flexibility index (Phi) is 4.91. The van der Waals surface area contributed by atoms with Crippen molar-refractivity contribution in [2.24, 2.45) is 0 Å². The third kappa shape index (κ3) is 3.63. The van der Waals surface area contributed by atoms with Gasteiger partial charge >= 0.3 is 0 Å². The molecule has 118 valence electrons. The third-order valence-corrected chi connectivity index (χ3v) is 5.46. The predicted molar refractivity (Wildman–Crippen MR) is 83.5 cm³/mol. The number of piperidine rings is 1. The first-order valence-corrected chi connectivity index (χ1v) is 8.77. The molecule has 2 aliphatic rings. The van der Waals surface area contributed by atoms with E-state index in [0.717, 1.165) is 76.0 Å². The van der Waals surface area contributed by atoms with E-state index in [4.69, 9.17) is 9.72 Å². The molecule has 1 aromatic heterocycles. The summed E-state index contributed by atoms with van der Waals surface area (Å²) in [6.45, 7) is 9.63. The van der Waals surface area contributed by atoms with E-state index in [-0.39, 0.29) is 0 Å². The average Bonchev–Trinajstić information content (AvgIpc) is 2.98. The van der Waals surface area contributed by atoms with Crippen LogP contribution in [0.15, 0.2) is 5.38 Å². The summed E-state index contributed by atoms with van der Waals surface area (Å²) in [5.74, 6) is 0. The molecule has 5 nitrogen and oxygen atoms in total. The van der Waals surface area contributed by atoms with Crippen molar-refractivity contribution in [1.82, 2.24) is 14.8 Å². The number of likely N-dealkylation sites (tertiary alicyclic amines) is 1. The maximum Gasteiger partial charge on any atom is 0.110 e. The summed E-state index contributed by atoms with van der Waals surface area (Å²) >= 11 is 1.67. The van der Waals surface area contributed by atoms with Gasteiger partial charge in [0, 0.05) is 31.6 Å². The number of nitrogens with zero attached hydrogens (tertiary/aromatic N) is 3. The summed E-state index contributed by atoms with van der Waals surface area (Å²) in [5.41, 5.74) is 0.164. The molecule has 1 N–H and O–H groups in total. The summed E-state index contributed by atoms with van der Waals surface area (Å²) in [6.07, 6.45) is 1.59. The Balaban J connectivity index is 1.61. The molecule has 1 aromatic rings. The van der Waals surface area contributed by atoms with Gasteiger partial charge in [-0.3, -0.25) is 4.90 Å². The number of rotatable bonds is 4. The van der Waals surface area contributed by atoms with Crippen molar-refractivity contribution >= 4 is 11.3 Å². The third-order valence-electron chi connectivity index (χ3n) is 4.62. The molecule has 0 unspecified atom stereocenters. The van der Waals surface area contributed by atoms with Crippen LogP contribution in [0.1, 0.15) is 30.5 Å². The van der Waals surface area contributed by atoms with E-state index in [9.17, 15) is 5.11 Å². The van der Waals surface area contributed by atoms with Crippen LogP contribution >= 0.6 is 11.3 Å². The molecular formula is C15H25N3O2S. The molecule has 21 heavy (non-hydrogen) atoms. The minimum atomic E-state index is -0.717. The quantitative estimate of drug-likeness (QED) is 0.908. The van der Waals surface area contributed by atoms with Gasteiger partial charge in [0.25, 0.3) is 0 Å². The summed E-state index contributed by atoms with van der Waals surface area (Å²) in [5, 5.41) is 14.0. The van der Waals surface area contributed by atoms with Gasteiger partial charge < -0.3 is 14.7 Å². The van der Waals surface area contributed by atoms with Gasteiger partial charge in [0.05, 0.1) is 25.5 Å². The monoisotopic (exact) mass is 311 g/mol. The molecule has 0 radical (unpaired) electrons. The van der Waals surface area contributed by atoms with Crippen LogP contribution in [0.4, 0.5) is 0 Å². The Morgan fingerprint density at radius 2 is 1.95 bits per heavy atom. The van der Waals surface area contributed by atoms with Crippen molar-refractivity contribution in [2.75, 3.05) is 45.9 Å². The van der Waals surface area contributed by atoms with Gasteiger partial charge in [0.15, 0.2) is 0 Å². The number of hydrogen-bond acceptors (Lipinski definition) is 6. The van der Waals surface area contributed by atoms with Crippen molar-refractivity contribution < 1.29 is 9.84 Å². The number of morpholine rings is 1. The molecule has 0 saturated carbocycles. The van der Waals surface area contributed by atoms with E-state index in [2.05, 4.69) is 22.1 Å². The highest BCUT2D eigenvalue weighted by Gasteiger charge is 2.35. The fraction of sp³-hybridized carbons (Fsp3) is 0.800. The van der Waals surface area contributed by atoms with Crippen LogP contribution in [-0.4, -0.2) is 65.8 Å². The SMILES string of the molecule is CCN1CCC(O)(c2csc(CN3CCOCC3)n2)CC1. The first kappa shape index (κ1) is 15.4. The smallest absolute Gasteiger partial charge is 0.110 e. The van der Waals surface area contributed by atoms with Crippen LogP contribution in [0, 0.1) is 0 Å². The fourth-order valence-corrected chi connectivity index (χ4v) is 3.97. The highest BCUT2D eigenvalue weighted by atomic mass is 32.1. The topological polar surface area (TPSA) is 48.8 Å². The highest BCUT2D eigenvalue weighted by Crippen LogP contribution is 2.33. The van der Waals surface area contributed by atoms with Crippen molar-refractivity contribution in [3.8, 4) is 0 Å². The lowest BCUT2D eigenvalue weighted by Gasteiger charge is -2.36. The Morgan fingerprint density at radius 3 is 2.62 bits per heavy atom. The van der Waals surface area contributed by atoms with E-state index in [1.807, 2.05) is 0 Å². The summed E-state index contributed by atoms with van der Waals surface area (Å²) < 4.78 is 5.37. The molecule has 2 saturated heterocycles. The van der Waals surface area contributed by atoms with E-state index in [0.29, 0.717) is 0 Å². The molecule has 2 aliphatic heterocycles. The lowest BCUT2D eigenvalue weighted by molar-refractivity contribution is -0.0279. The van der Waals surface area contributed by atoms with Gasteiger partial charge in [-0.1, -0.05) is 6.92 Å². The number of ether oxygens (including phenoxy) is 1. The molecule has 6 heteroatoms. The molecule has 0 bridgehead atoms. The van der Waals surface area contributed by atoms with E-state index >= 15 is 0 Å². The first-order valence-electron chi connectivity index (χ1n) is 7.89. The van der Waals surface area contributed by atoms with Crippen LogP contribution in [0.5, 0.6) is 0 Å². The van der Waals surface area contributed by atoms with Crippen LogP contribution in [0.3, 0.4) is 0 Å². The largest absolute Gasteiger partial charge is 0.383 e. The minimum absolute atomic E-state index is 0.717. The molecule has 3 heterocycles. The van der Waals surface area contributed by atoms with Gasteiger partial charge in [-0.15, -0.1) is 11.3 Å². The van der Waals surface area contributed by atoms with Crippen LogP contribution < -0.4 is 0 Å². The van der Waals surface area contributed by atoms with Crippen molar-refractivity contribution in [2.45, 2.75) is 31.9 Å². The van der Waals surface area contributed by atoms with Crippen LogP contribution in [0.25, 0.3) is 0 Å². The Morgan fingerprint density at radius 1 is 1.24 bits per heavy atom. The summed E-state index contributed by atoms with van der Waals surface area (Å²) in [7, 11) is 0. The average molecular weight is 311 g/mol. The van der Waals surface area contributed by atoms with Crippen molar-refractivity contribution in [3.05, 3.63) is 16.1 Å². The zero-order valence-corrected chi connectivity index (χ0v) is 13.6. The molecule has 2 fully saturated rings. The van der Waals surface area contributed by atoms with Gasteiger partial charge in [0.1, 0.15) is 10.6 Å². The zero-order valence-electron chi connectivity index (χ0n) is 12.8. The van der Waals surface area contributed by atoms with E-state index < -0.39 is 5.60 Å². The lowest BCUT2D eigenvalue weighted by atomic mass is 9.89. The summed E-state index contributed by atoms with van der Waals surface area (Å²) in [6, 6.07) is 0.